The predicted molar refractivity (Wildman–Crippen MR) is 69.2 cm³/mol. The molecule has 0 spiro atoms. The molecule has 1 N–H and O–H groups in total. The molecule has 92 valence electrons. The highest BCUT2D eigenvalue weighted by Crippen LogP contribution is 2.30. The van der Waals surface area contributed by atoms with E-state index in [9.17, 15) is 9.59 Å². The van der Waals surface area contributed by atoms with Gasteiger partial charge < -0.3 is 9.47 Å². The first-order chi connectivity index (χ1) is 7.99. The van der Waals surface area contributed by atoms with Crippen molar-refractivity contribution in [2.75, 3.05) is 19.5 Å². The summed E-state index contributed by atoms with van der Waals surface area (Å²) in [5.74, 6) is -0.551. The van der Waals surface area contributed by atoms with Crippen LogP contribution in [-0.2, 0) is 9.47 Å². The Labute approximate surface area is 115 Å². The van der Waals surface area contributed by atoms with Crippen molar-refractivity contribution in [2.24, 2.45) is 0 Å². The summed E-state index contributed by atoms with van der Waals surface area (Å²) in [6, 6.07) is 3.12. The zero-order valence-corrected chi connectivity index (χ0v) is 12.2. The van der Waals surface area contributed by atoms with E-state index in [1.807, 2.05) is 0 Å². The minimum absolute atomic E-state index is 0.230. The second-order valence-corrected chi connectivity index (χ2v) is 4.63. The average molecular weight is 367 g/mol. The lowest BCUT2D eigenvalue weighted by atomic mass is 10.2. The van der Waals surface area contributed by atoms with E-state index >= 15 is 0 Å². The Morgan fingerprint density at radius 2 is 1.71 bits per heavy atom. The lowest BCUT2D eigenvalue weighted by Gasteiger charge is -2.10. The topological polar surface area (TPSA) is 64.6 Å². The fourth-order valence-electron chi connectivity index (χ4n) is 1.09. The summed E-state index contributed by atoms with van der Waals surface area (Å²) in [4.78, 5) is 22.6. The normalized spacial score (nSPS) is 9.65. The molecule has 1 aromatic carbocycles. The minimum Gasteiger partial charge on any atom is -0.465 e. The number of esters is 1. The number of halogens is 2. The third-order valence-corrected chi connectivity index (χ3v) is 3.73. The number of benzene rings is 1. The molecule has 5 nitrogen and oxygen atoms in total. The van der Waals surface area contributed by atoms with E-state index in [1.165, 1.54) is 14.2 Å². The summed E-state index contributed by atoms with van der Waals surface area (Å²) in [7, 11) is 2.50. The Balaban J connectivity index is 3.20. The molecule has 0 aliphatic heterocycles. The zero-order valence-electron chi connectivity index (χ0n) is 9.04. The Morgan fingerprint density at radius 1 is 1.12 bits per heavy atom. The Morgan fingerprint density at radius 3 is 2.24 bits per heavy atom. The molecule has 0 heterocycles. The van der Waals surface area contributed by atoms with E-state index in [1.54, 1.807) is 12.1 Å². The number of hydrogen-bond acceptors (Lipinski definition) is 4. The van der Waals surface area contributed by atoms with E-state index < -0.39 is 12.1 Å². The van der Waals surface area contributed by atoms with Crippen LogP contribution < -0.4 is 5.32 Å². The van der Waals surface area contributed by atoms with Gasteiger partial charge in [-0.15, -0.1) is 0 Å². The lowest BCUT2D eigenvalue weighted by Crippen LogP contribution is -2.15. The lowest BCUT2D eigenvalue weighted by molar-refractivity contribution is 0.0602. The largest absolute Gasteiger partial charge is 0.465 e. The summed E-state index contributed by atoms with van der Waals surface area (Å²) in [6.07, 6.45) is -0.663. The molecule has 0 saturated carbocycles. The number of rotatable bonds is 2. The minimum atomic E-state index is -0.663. The molecule has 1 rings (SSSR count). The molecule has 0 unspecified atom stereocenters. The van der Waals surface area contributed by atoms with Gasteiger partial charge in [0.05, 0.1) is 25.5 Å². The van der Waals surface area contributed by atoms with Gasteiger partial charge in [0.15, 0.2) is 0 Å². The molecular weight excluding hydrogens is 358 g/mol. The van der Waals surface area contributed by atoms with Crippen LogP contribution in [0.2, 0.25) is 0 Å². The summed E-state index contributed by atoms with van der Waals surface area (Å²) in [6.45, 7) is 0. The molecule has 0 radical (unpaired) electrons. The highest BCUT2D eigenvalue weighted by atomic mass is 79.9. The quantitative estimate of drug-likeness (QED) is 0.816. The molecule has 1 amide bonds. The number of amides is 1. The number of carbonyl (C=O) groups is 2. The van der Waals surface area contributed by atoms with Crippen LogP contribution in [0.25, 0.3) is 0 Å². The average Bonchev–Trinajstić information content (AvgIpc) is 2.32. The molecule has 17 heavy (non-hydrogen) atoms. The van der Waals surface area contributed by atoms with E-state index in [0.29, 0.717) is 14.6 Å². The summed E-state index contributed by atoms with van der Waals surface area (Å²) in [5.41, 5.74) is 0.534. The predicted octanol–water partition coefficient (Wildman–Crippen LogP) is 3.18. The van der Waals surface area contributed by atoms with E-state index in [2.05, 4.69) is 46.7 Å². The van der Waals surface area contributed by atoms with Crippen LogP contribution in [0.1, 0.15) is 10.4 Å². The van der Waals surface area contributed by atoms with Crippen molar-refractivity contribution in [3.05, 3.63) is 26.6 Å². The molecule has 0 aromatic heterocycles. The molecule has 0 atom stereocenters. The van der Waals surface area contributed by atoms with Crippen molar-refractivity contribution in [3.63, 3.8) is 0 Å². The van der Waals surface area contributed by atoms with Crippen molar-refractivity contribution in [3.8, 4) is 0 Å². The van der Waals surface area contributed by atoms with Crippen molar-refractivity contribution in [2.45, 2.75) is 0 Å². The second kappa shape index (κ2) is 6.02. The number of methoxy groups -OCH3 is 2. The molecule has 0 aliphatic rings. The van der Waals surface area contributed by atoms with Crippen LogP contribution in [0, 0.1) is 0 Å². The number of nitrogens with one attached hydrogen (secondary N) is 1. The van der Waals surface area contributed by atoms with Gasteiger partial charge in [0.1, 0.15) is 0 Å². The summed E-state index contributed by atoms with van der Waals surface area (Å²) < 4.78 is 10.4. The van der Waals surface area contributed by atoms with Gasteiger partial charge in [0, 0.05) is 8.95 Å². The SMILES string of the molecule is COC(=O)Nc1cc(Br)c(Br)cc1C(=O)OC. The standard InChI is InChI=1S/C10H9Br2NO4/c1-16-9(14)5-3-6(11)7(12)4-8(5)13-10(15)17-2/h3-4H,1-2H3,(H,13,15). The maximum atomic E-state index is 11.5. The first-order valence-electron chi connectivity index (χ1n) is 4.42. The van der Waals surface area contributed by atoms with Gasteiger partial charge in [-0.1, -0.05) is 0 Å². The van der Waals surface area contributed by atoms with E-state index in [0.717, 1.165) is 0 Å². The molecule has 0 fully saturated rings. The van der Waals surface area contributed by atoms with Crippen molar-refractivity contribution < 1.29 is 19.1 Å². The third-order valence-electron chi connectivity index (χ3n) is 1.89. The Bertz CT molecular complexity index is 462. The van der Waals surface area contributed by atoms with Gasteiger partial charge in [-0.2, -0.15) is 0 Å². The molecule has 0 bridgehead atoms. The number of carbonyl (C=O) groups excluding carboxylic acids is 2. The number of anilines is 1. The highest BCUT2D eigenvalue weighted by molar-refractivity contribution is 9.13. The van der Waals surface area contributed by atoms with Crippen molar-refractivity contribution >= 4 is 49.6 Å². The van der Waals surface area contributed by atoms with Gasteiger partial charge in [-0.05, 0) is 44.0 Å². The smallest absolute Gasteiger partial charge is 0.411 e. The fourth-order valence-corrected chi connectivity index (χ4v) is 1.78. The Kier molecular flexibility index (Phi) is 4.95. The van der Waals surface area contributed by atoms with Gasteiger partial charge in [0.2, 0.25) is 0 Å². The second-order valence-electron chi connectivity index (χ2n) is 2.92. The van der Waals surface area contributed by atoms with Crippen LogP contribution >= 0.6 is 31.9 Å². The summed E-state index contributed by atoms with van der Waals surface area (Å²) >= 11 is 6.53. The van der Waals surface area contributed by atoms with Crippen LogP contribution in [0.5, 0.6) is 0 Å². The van der Waals surface area contributed by atoms with Crippen LogP contribution in [0.3, 0.4) is 0 Å². The van der Waals surface area contributed by atoms with Gasteiger partial charge in [-0.3, -0.25) is 5.32 Å². The van der Waals surface area contributed by atoms with Crippen LogP contribution in [0.15, 0.2) is 21.1 Å². The fraction of sp³-hybridized carbons (Fsp3) is 0.200. The first kappa shape index (κ1) is 14.0. The van der Waals surface area contributed by atoms with E-state index in [4.69, 9.17) is 0 Å². The maximum Gasteiger partial charge on any atom is 0.411 e. The molecule has 7 heteroatoms. The zero-order chi connectivity index (χ0) is 13.0. The van der Waals surface area contributed by atoms with Crippen LogP contribution in [-0.4, -0.2) is 26.3 Å². The maximum absolute atomic E-state index is 11.5. The molecular formula is C10H9Br2NO4. The summed E-state index contributed by atoms with van der Waals surface area (Å²) in [5, 5.41) is 2.43. The third kappa shape index (κ3) is 3.44. The highest BCUT2D eigenvalue weighted by Gasteiger charge is 2.16. The van der Waals surface area contributed by atoms with Crippen molar-refractivity contribution in [1.29, 1.82) is 0 Å². The van der Waals surface area contributed by atoms with E-state index in [-0.39, 0.29) is 5.56 Å². The van der Waals surface area contributed by atoms with Gasteiger partial charge in [-0.25, -0.2) is 9.59 Å². The van der Waals surface area contributed by atoms with Gasteiger partial charge in [0.25, 0.3) is 0 Å². The molecule has 0 aliphatic carbocycles. The number of hydrogen-bond donors (Lipinski definition) is 1. The molecule has 1 aromatic rings. The van der Waals surface area contributed by atoms with Crippen molar-refractivity contribution in [1.82, 2.24) is 0 Å². The first-order valence-corrected chi connectivity index (χ1v) is 6.00. The van der Waals surface area contributed by atoms with Gasteiger partial charge >= 0.3 is 12.1 Å². The number of ether oxygens (including phenoxy) is 2. The molecule has 0 saturated heterocycles. The van der Waals surface area contributed by atoms with Crippen LogP contribution in [0.4, 0.5) is 10.5 Å². The monoisotopic (exact) mass is 365 g/mol. The Hall–Kier alpha value is -1.08.